The summed E-state index contributed by atoms with van der Waals surface area (Å²) in [5, 5.41) is 3.30. The van der Waals surface area contributed by atoms with Crippen LogP contribution in [0.15, 0.2) is 24.3 Å². The second kappa shape index (κ2) is 8.90. The number of ether oxygens (including phenoxy) is 1. The Morgan fingerprint density at radius 1 is 1.38 bits per heavy atom. The van der Waals surface area contributed by atoms with Crippen LogP contribution in [0.1, 0.15) is 24.8 Å². The van der Waals surface area contributed by atoms with E-state index in [1.54, 1.807) is 7.11 Å². The minimum absolute atomic E-state index is 0. The first-order valence-corrected chi connectivity index (χ1v) is 7.32. The zero-order valence-corrected chi connectivity index (χ0v) is 13.6. The standard InChI is InChI=1S/C16H24N2O2.ClH/c1-18(16(19)14-8-5-6-11-17-14)12-10-13-7-3-4-9-15(13)20-2;/h3-4,7,9,14,17H,5-6,8,10-12H2,1-2H3;1H. The van der Waals surface area contributed by atoms with Gasteiger partial charge in [0.25, 0.3) is 0 Å². The third-order valence-corrected chi connectivity index (χ3v) is 3.89. The molecule has 1 atom stereocenters. The first kappa shape index (κ1) is 17.8. The van der Waals surface area contributed by atoms with E-state index >= 15 is 0 Å². The summed E-state index contributed by atoms with van der Waals surface area (Å²) >= 11 is 0. The quantitative estimate of drug-likeness (QED) is 0.907. The molecule has 1 unspecified atom stereocenters. The number of halogens is 1. The first-order chi connectivity index (χ1) is 9.72. The van der Waals surface area contributed by atoms with Crippen molar-refractivity contribution < 1.29 is 9.53 Å². The number of piperidine rings is 1. The Bertz CT molecular complexity index is 448. The van der Waals surface area contributed by atoms with E-state index in [1.807, 2.05) is 30.1 Å². The number of carbonyl (C=O) groups excluding carboxylic acids is 1. The monoisotopic (exact) mass is 312 g/mol. The van der Waals surface area contributed by atoms with Crippen LogP contribution in [0, 0.1) is 0 Å². The predicted molar refractivity (Wildman–Crippen MR) is 87.2 cm³/mol. The molecule has 5 heteroatoms. The van der Waals surface area contributed by atoms with Crippen LogP contribution in [0.5, 0.6) is 5.75 Å². The third-order valence-electron chi connectivity index (χ3n) is 3.89. The van der Waals surface area contributed by atoms with Crippen molar-refractivity contribution in [2.45, 2.75) is 31.7 Å². The van der Waals surface area contributed by atoms with Gasteiger partial charge in [0.05, 0.1) is 13.2 Å². The number of nitrogens with one attached hydrogen (secondary N) is 1. The maximum atomic E-state index is 12.3. The second-order valence-electron chi connectivity index (χ2n) is 5.32. The van der Waals surface area contributed by atoms with E-state index < -0.39 is 0 Å². The Balaban J connectivity index is 0.00000220. The summed E-state index contributed by atoms with van der Waals surface area (Å²) in [4.78, 5) is 14.1. The molecule has 1 saturated heterocycles. The molecule has 4 nitrogen and oxygen atoms in total. The highest BCUT2D eigenvalue weighted by molar-refractivity contribution is 5.85. The van der Waals surface area contributed by atoms with Crippen LogP contribution >= 0.6 is 12.4 Å². The number of nitrogens with zero attached hydrogens (tertiary/aromatic N) is 1. The molecule has 0 aromatic heterocycles. The Morgan fingerprint density at radius 3 is 2.81 bits per heavy atom. The van der Waals surface area contributed by atoms with Gasteiger partial charge in [0.15, 0.2) is 0 Å². The van der Waals surface area contributed by atoms with Crippen LogP contribution in [-0.2, 0) is 11.2 Å². The molecule has 1 fully saturated rings. The molecule has 1 aliphatic heterocycles. The van der Waals surface area contributed by atoms with Gasteiger partial charge in [-0.2, -0.15) is 0 Å². The fraction of sp³-hybridized carbons (Fsp3) is 0.562. The zero-order chi connectivity index (χ0) is 14.4. The van der Waals surface area contributed by atoms with Crippen molar-refractivity contribution in [1.82, 2.24) is 10.2 Å². The Kier molecular flexibility index (Phi) is 7.54. The van der Waals surface area contributed by atoms with Gasteiger partial charge in [-0.25, -0.2) is 0 Å². The molecule has 1 aliphatic rings. The van der Waals surface area contributed by atoms with Crippen LogP contribution in [-0.4, -0.2) is 44.1 Å². The number of methoxy groups -OCH3 is 1. The summed E-state index contributed by atoms with van der Waals surface area (Å²) in [5.41, 5.74) is 1.14. The highest BCUT2D eigenvalue weighted by Gasteiger charge is 2.23. The lowest BCUT2D eigenvalue weighted by Crippen LogP contribution is -2.47. The van der Waals surface area contributed by atoms with Crippen LogP contribution in [0.2, 0.25) is 0 Å². The minimum atomic E-state index is 0. The van der Waals surface area contributed by atoms with Crippen molar-refractivity contribution in [1.29, 1.82) is 0 Å². The summed E-state index contributed by atoms with van der Waals surface area (Å²) in [6, 6.07) is 7.98. The Labute approximate surface area is 133 Å². The van der Waals surface area contributed by atoms with Gasteiger partial charge in [-0.3, -0.25) is 4.79 Å². The van der Waals surface area contributed by atoms with E-state index in [0.717, 1.165) is 43.7 Å². The molecule has 0 aliphatic carbocycles. The third kappa shape index (κ3) is 4.90. The van der Waals surface area contributed by atoms with Crippen molar-refractivity contribution in [2.24, 2.45) is 0 Å². The number of hydrogen-bond acceptors (Lipinski definition) is 3. The molecule has 2 rings (SSSR count). The van der Waals surface area contributed by atoms with Gasteiger partial charge < -0.3 is 15.0 Å². The van der Waals surface area contributed by atoms with E-state index in [1.165, 1.54) is 6.42 Å². The normalized spacial score (nSPS) is 17.7. The number of carbonyl (C=O) groups is 1. The minimum Gasteiger partial charge on any atom is -0.496 e. The van der Waals surface area contributed by atoms with Crippen LogP contribution < -0.4 is 10.1 Å². The number of para-hydroxylation sites is 1. The van der Waals surface area contributed by atoms with Crippen molar-refractivity contribution in [3.63, 3.8) is 0 Å². The molecule has 1 amide bonds. The maximum Gasteiger partial charge on any atom is 0.239 e. The molecule has 0 radical (unpaired) electrons. The fourth-order valence-corrected chi connectivity index (χ4v) is 2.64. The lowest BCUT2D eigenvalue weighted by Gasteiger charge is -2.27. The lowest BCUT2D eigenvalue weighted by atomic mass is 10.0. The van der Waals surface area contributed by atoms with Crippen molar-refractivity contribution in [3.05, 3.63) is 29.8 Å². The van der Waals surface area contributed by atoms with Gasteiger partial charge in [-0.15, -0.1) is 12.4 Å². The van der Waals surface area contributed by atoms with Crippen LogP contribution in [0.3, 0.4) is 0 Å². The second-order valence-corrected chi connectivity index (χ2v) is 5.32. The summed E-state index contributed by atoms with van der Waals surface area (Å²) in [5.74, 6) is 1.10. The van der Waals surface area contributed by atoms with E-state index in [9.17, 15) is 4.79 Å². The Morgan fingerprint density at radius 2 is 2.14 bits per heavy atom. The van der Waals surface area contributed by atoms with Gasteiger partial charge in [0.1, 0.15) is 5.75 Å². The topological polar surface area (TPSA) is 41.6 Å². The first-order valence-electron chi connectivity index (χ1n) is 7.32. The fourth-order valence-electron chi connectivity index (χ4n) is 2.64. The highest BCUT2D eigenvalue weighted by Crippen LogP contribution is 2.18. The van der Waals surface area contributed by atoms with Crippen molar-refractivity contribution >= 4 is 18.3 Å². The average molecular weight is 313 g/mol. The van der Waals surface area contributed by atoms with Gasteiger partial charge in [-0.1, -0.05) is 24.6 Å². The maximum absolute atomic E-state index is 12.3. The molecule has 0 bridgehead atoms. The number of hydrogen-bond donors (Lipinski definition) is 1. The predicted octanol–water partition coefficient (Wildman–Crippen LogP) is 2.26. The average Bonchev–Trinajstić information content (AvgIpc) is 2.53. The molecule has 1 N–H and O–H groups in total. The van der Waals surface area contributed by atoms with Crippen molar-refractivity contribution in [3.8, 4) is 5.75 Å². The van der Waals surface area contributed by atoms with Gasteiger partial charge in [0, 0.05) is 13.6 Å². The van der Waals surface area contributed by atoms with Crippen LogP contribution in [0.25, 0.3) is 0 Å². The lowest BCUT2D eigenvalue weighted by molar-refractivity contribution is -0.132. The summed E-state index contributed by atoms with van der Waals surface area (Å²) in [7, 11) is 3.56. The summed E-state index contributed by atoms with van der Waals surface area (Å²) in [6.45, 7) is 1.67. The van der Waals surface area contributed by atoms with E-state index in [-0.39, 0.29) is 24.4 Å². The van der Waals surface area contributed by atoms with Crippen LogP contribution in [0.4, 0.5) is 0 Å². The molecule has 21 heavy (non-hydrogen) atoms. The van der Waals surface area contributed by atoms with Gasteiger partial charge >= 0.3 is 0 Å². The molecule has 1 aromatic carbocycles. The molecule has 1 heterocycles. The number of benzene rings is 1. The number of amides is 1. The van der Waals surface area contributed by atoms with Gasteiger partial charge in [-0.05, 0) is 37.4 Å². The van der Waals surface area contributed by atoms with Crippen molar-refractivity contribution in [2.75, 3.05) is 27.2 Å². The smallest absolute Gasteiger partial charge is 0.239 e. The molecule has 0 saturated carbocycles. The van der Waals surface area contributed by atoms with E-state index in [0.29, 0.717) is 0 Å². The highest BCUT2D eigenvalue weighted by atomic mass is 35.5. The molecule has 1 aromatic rings. The molecule has 0 spiro atoms. The SMILES string of the molecule is COc1ccccc1CCN(C)C(=O)C1CCCCN1.Cl. The number of rotatable bonds is 5. The zero-order valence-electron chi connectivity index (χ0n) is 12.8. The van der Waals surface area contributed by atoms with E-state index in [4.69, 9.17) is 4.74 Å². The number of likely N-dealkylation sites (N-methyl/N-ethyl adjacent to an activating group) is 1. The Hall–Kier alpha value is -1.26. The van der Waals surface area contributed by atoms with Gasteiger partial charge in [0.2, 0.25) is 5.91 Å². The molecule has 118 valence electrons. The summed E-state index contributed by atoms with van der Waals surface area (Å²) < 4.78 is 5.34. The molecular formula is C16H25ClN2O2. The van der Waals surface area contributed by atoms with E-state index in [2.05, 4.69) is 11.4 Å². The largest absolute Gasteiger partial charge is 0.496 e. The molecular weight excluding hydrogens is 288 g/mol. The summed E-state index contributed by atoms with van der Waals surface area (Å²) in [6.07, 6.45) is 4.09.